The van der Waals surface area contributed by atoms with E-state index in [-0.39, 0.29) is 0 Å². The van der Waals surface area contributed by atoms with Gasteiger partial charge in [0, 0.05) is 5.69 Å². The second-order valence-electron chi connectivity index (χ2n) is 5.16. The fraction of sp³-hybridized carbons (Fsp3) is 0.111. The molecule has 0 radical (unpaired) electrons. The van der Waals surface area contributed by atoms with Crippen LogP contribution < -0.4 is 5.32 Å². The number of anilines is 1. The predicted molar refractivity (Wildman–Crippen MR) is 80.5 cm³/mol. The van der Waals surface area contributed by atoms with Gasteiger partial charge in [-0.3, -0.25) is 0 Å². The highest BCUT2D eigenvalue weighted by Crippen LogP contribution is 2.34. The van der Waals surface area contributed by atoms with E-state index >= 15 is 0 Å². The van der Waals surface area contributed by atoms with Crippen LogP contribution in [-0.4, -0.2) is 0 Å². The summed E-state index contributed by atoms with van der Waals surface area (Å²) in [6.45, 7) is 0. The van der Waals surface area contributed by atoms with Crippen LogP contribution in [0.3, 0.4) is 0 Å². The van der Waals surface area contributed by atoms with Crippen molar-refractivity contribution in [1.82, 2.24) is 0 Å². The average molecular weight is 245 g/mol. The zero-order valence-electron chi connectivity index (χ0n) is 10.6. The Morgan fingerprint density at radius 2 is 1.58 bits per heavy atom. The van der Waals surface area contributed by atoms with Gasteiger partial charge in [0.25, 0.3) is 0 Å². The van der Waals surface area contributed by atoms with Crippen molar-refractivity contribution in [2.45, 2.75) is 12.5 Å². The molecule has 1 nitrogen and oxygen atoms in total. The van der Waals surface area contributed by atoms with E-state index in [1.54, 1.807) is 0 Å². The Hall–Kier alpha value is -2.28. The van der Waals surface area contributed by atoms with Gasteiger partial charge in [-0.25, -0.2) is 0 Å². The lowest BCUT2D eigenvalue weighted by Crippen LogP contribution is -2.05. The number of nitrogens with one attached hydrogen (secondary N) is 1. The van der Waals surface area contributed by atoms with Crippen molar-refractivity contribution in [3.8, 4) is 0 Å². The summed E-state index contributed by atoms with van der Waals surface area (Å²) in [5.41, 5.74) is 4.07. The van der Waals surface area contributed by atoms with Crippen molar-refractivity contribution >= 4 is 16.5 Å². The highest BCUT2D eigenvalue weighted by atomic mass is 14.9. The number of benzene rings is 3. The molecule has 1 heteroatoms. The molecule has 4 rings (SSSR count). The normalized spacial score (nSPS) is 17.2. The van der Waals surface area contributed by atoms with Crippen LogP contribution >= 0.6 is 0 Å². The minimum absolute atomic E-state index is 0.405. The van der Waals surface area contributed by atoms with Crippen LogP contribution in [0.1, 0.15) is 17.2 Å². The third kappa shape index (κ3) is 1.78. The van der Waals surface area contributed by atoms with Crippen molar-refractivity contribution < 1.29 is 0 Å². The van der Waals surface area contributed by atoms with Crippen LogP contribution in [0.15, 0.2) is 66.7 Å². The summed E-state index contributed by atoms with van der Waals surface area (Å²) in [5, 5.41) is 6.24. The van der Waals surface area contributed by atoms with E-state index in [0.29, 0.717) is 6.04 Å². The van der Waals surface area contributed by atoms with Gasteiger partial charge in [-0.2, -0.15) is 0 Å². The summed E-state index contributed by atoms with van der Waals surface area (Å²) in [6, 6.07) is 24.3. The monoisotopic (exact) mass is 245 g/mol. The van der Waals surface area contributed by atoms with Gasteiger partial charge in [0.15, 0.2) is 0 Å². The molecule has 0 spiro atoms. The van der Waals surface area contributed by atoms with Gasteiger partial charge in [0.05, 0.1) is 6.04 Å². The van der Waals surface area contributed by atoms with Gasteiger partial charge < -0.3 is 5.32 Å². The highest BCUT2D eigenvalue weighted by molar-refractivity contribution is 5.83. The predicted octanol–water partition coefficient (Wildman–Crippen LogP) is 4.55. The molecule has 0 amide bonds. The Morgan fingerprint density at radius 3 is 2.47 bits per heavy atom. The summed E-state index contributed by atoms with van der Waals surface area (Å²) in [5.74, 6) is 0. The SMILES string of the molecule is c1ccc2c(c1)CC(c1ccc3ccccc3c1)N2. The van der Waals surface area contributed by atoms with Crippen LogP contribution in [-0.2, 0) is 6.42 Å². The Labute approximate surface area is 112 Å². The molecule has 3 aromatic carbocycles. The first-order chi connectivity index (χ1) is 9.40. The molecule has 1 aliphatic rings. The van der Waals surface area contributed by atoms with E-state index in [4.69, 9.17) is 0 Å². The number of fused-ring (bicyclic) bond motifs is 2. The van der Waals surface area contributed by atoms with Crippen molar-refractivity contribution in [2.75, 3.05) is 5.32 Å². The third-order valence-corrected chi connectivity index (χ3v) is 3.95. The Morgan fingerprint density at radius 1 is 0.789 bits per heavy atom. The molecule has 0 saturated heterocycles. The molecule has 1 unspecified atom stereocenters. The number of para-hydroxylation sites is 1. The topological polar surface area (TPSA) is 12.0 Å². The first kappa shape index (κ1) is 10.6. The molecule has 0 saturated carbocycles. The van der Waals surface area contributed by atoms with Crippen molar-refractivity contribution in [2.24, 2.45) is 0 Å². The fourth-order valence-electron chi connectivity index (χ4n) is 2.92. The summed E-state index contributed by atoms with van der Waals surface area (Å²) >= 11 is 0. The van der Waals surface area contributed by atoms with Crippen LogP contribution in [0.5, 0.6) is 0 Å². The minimum atomic E-state index is 0.405. The summed E-state index contributed by atoms with van der Waals surface area (Å²) in [4.78, 5) is 0. The van der Waals surface area contributed by atoms with Crippen LogP contribution in [0.2, 0.25) is 0 Å². The average Bonchev–Trinajstić information content (AvgIpc) is 2.90. The quantitative estimate of drug-likeness (QED) is 0.663. The van der Waals surface area contributed by atoms with Crippen LogP contribution in [0.25, 0.3) is 10.8 Å². The standard InChI is InChI=1S/C18H15N/c1-2-6-14-11-16(10-9-13(14)5-1)18-12-15-7-3-4-8-17(15)19-18/h1-11,18-19H,12H2. The van der Waals surface area contributed by atoms with Crippen molar-refractivity contribution in [1.29, 1.82) is 0 Å². The molecule has 0 bridgehead atoms. The van der Waals surface area contributed by atoms with E-state index in [9.17, 15) is 0 Å². The third-order valence-electron chi connectivity index (χ3n) is 3.95. The van der Waals surface area contributed by atoms with Crippen LogP contribution in [0, 0.1) is 0 Å². The molecule has 19 heavy (non-hydrogen) atoms. The molecule has 3 aromatic rings. The van der Waals surface area contributed by atoms with E-state index in [1.807, 2.05) is 0 Å². The van der Waals surface area contributed by atoms with E-state index < -0.39 is 0 Å². The first-order valence-corrected chi connectivity index (χ1v) is 6.73. The molecule has 1 N–H and O–H groups in total. The van der Waals surface area contributed by atoms with Crippen LogP contribution in [0.4, 0.5) is 5.69 Å². The smallest absolute Gasteiger partial charge is 0.0555 e. The van der Waals surface area contributed by atoms with Gasteiger partial charge in [-0.05, 0) is 40.5 Å². The second-order valence-corrected chi connectivity index (χ2v) is 5.16. The summed E-state index contributed by atoms with van der Waals surface area (Å²) in [7, 11) is 0. The van der Waals surface area contributed by atoms with E-state index in [2.05, 4.69) is 72.0 Å². The van der Waals surface area contributed by atoms with E-state index in [0.717, 1.165) is 6.42 Å². The van der Waals surface area contributed by atoms with Crippen molar-refractivity contribution in [3.05, 3.63) is 77.9 Å². The van der Waals surface area contributed by atoms with Crippen molar-refractivity contribution in [3.63, 3.8) is 0 Å². The Bertz CT molecular complexity index is 720. The zero-order chi connectivity index (χ0) is 12.7. The molecule has 0 aromatic heterocycles. The molecular formula is C18H15N. The van der Waals surface area contributed by atoms with E-state index in [1.165, 1.54) is 27.6 Å². The largest absolute Gasteiger partial charge is 0.378 e. The van der Waals surface area contributed by atoms with Gasteiger partial charge >= 0.3 is 0 Å². The number of hydrogen-bond donors (Lipinski definition) is 1. The lowest BCUT2D eigenvalue weighted by molar-refractivity contribution is 0.826. The highest BCUT2D eigenvalue weighted by Gasteiger charge is 2.21. The molecule has 92 valence electrons. The molecule has 1 atom stereocenters. The van der Waals surface area contributed by atoms with Gasteiger partial charge in [0.1, 0.15) is 0 Å². The Kier molecular flexibility index (Phi) is 2.31. The Balaban J connectivity index is 1.73. The van der Waals surface area contributed by atoms with Gasteiger partial charge in [-0.15, -0.1) is 0 Å². The molecule has 0 fully saturated rings. The summed E-state index contributed by atoms with van der Waals surface area (Å²) < 4.78 is 0. The second kappa shape index (κ2) is 4.13. The molecular weight excluding hydrogens is 230 g/mol. The zero-order valence-corrected chi connectivity index (χ0v) is 10.6. The lowest BCUT2D eigenvalue weighted by Gasteiger charge is -2.12. The maximum atomic E-state index is 3.62. The number of hydrogen-bond acceptors (Lipinski definition) is 1. The number of rotatable bonds is 1. The summed E-state index contributed by atoms with van der Waals surface area (Å²) in [6.07, 6.45) is 1.08. The molecule has 1 heterocycles. The van der Waals surface area contributed by atoms with Gasteiger partial charge in [-0.1, -0.05) is 54.6 Å². The van der Waals surface area contributed by atoms with Gasteiger partial charge in [0.2, 0.25) is 0 Å². The fourth-order valence-corrected chi connectivity index (χ4v) is 2.92. The lowest BCUT2D eigenvalue weighted by atomic mass is 9.99. The maximum Gasteiger partial charge on any atom is 0.0555 e. The minimum Gasteiger partial charge on any atom is -0.378 e. The maximum absolute atomic E-state index is 3.62. The first-order valence-electron chi connectivity index (χ1n) is 6.73. The molecule has 0 aliphatic carbocycles. The molecule has 1 aliphatic heterocycles.